The molecule has 3 heterocycles. The monoisotopic (exact) mass is 451 g/mol. The Kier molecular flexibility index (Phi) is 5.82. The summed E-state index contributed by atoms with van der Waals surface area (Å²) in [7, 11) is 1.82. The predicted octanol–water partition coefficient (Wildman–Crippen LogP) is 4.63. The average Bonchev–Trinajstić information content (AvgIpc) is 3.22. The number of benzene rings is 2. The number of hydrogen-bond donors (Lipinski definition) is 3. The molecule has 1 aliphatic rings. The Morgan fingerprint density at radius 2 is 1.79 bits per heavy atom. The van der Waals surface area contributed by atoms with Crippen LogP contribution in [0.5, 0.6) is 0 Å². The second-order valence-electron chi connectivity index (χ2n) is 8.34. The Morgan fingerprint density at radius 3 is 2.56 bits per heavy atom. The summed E-state index contributed by atoms with van der Waals surface area (Å²) in [5.41, 5.74) is 5.72. The molecule has 0 fully saturated rings. The third-order valence-electron chi connectivity index (χ3n) is 5.90. The minimum atomic E-state index is -0.138. The number of pyridine rings is 1. The van der Waals surface area contributed by atoms with E-state index in [0.717, 1.165) is 40.3 Å². The summed E-state index contributed by atoms with van der Waals surface area (Å²) in [6.45, 7) is 0.660. The van der Waals surface area contributed by atoms with Crippen LogP contribution in [0.25, 0.3) is 11.3 Å². The third-order valence-corrected chi connectivity index (χ3v) is 5.90. The van der Waals surface area contributed by atoms with Crippen LogP contribution in [-0.2, 0) is 17.6 Å². The zero-order chi connectivity index (χ0) is 23.5. The Hall–Kier alpha value is -4.39. The summed E-state index contributed by atoms with van der Waals surface area (Å²) in [6, 6.07) is 23.0. The van der Waals surface area contributed by atoms with Gasteiger partial charge in [0.1, 0.15) is 5.82 Å². The molecule has 0 bridgehead atoms. The van der Waals surface area contributed by atoms with E-state index in [1.165, 1.54) is 0 Å². The molecule has 2 aromatic carbocycles. The fourth-order valence-corrected chi connectivity index (χ4v) is 4.18. The summed E-state index contributed by atoms with van der Waals surface area (Å²) in [5.74, 6) is 0.300. The number of amides is 2. The normalized spacial score (nSPS) is 12.9. The molecule has 4 aromatic rings. The molecule has 0 saturated carbocycles. The molecule has 0 saturated heterocycles. The van der Waals surface area contributed by atoms with Crippen LogP contribution in [0.1, 0.15) is 21.6 Å². The number of hydrogen-bond acceptors (Lipinski definition) is 4. The molecule has 34 heavy (non-hydrogen) atoms. The van der Waals surface area contributed by atoms with Gasteiger partial charge in [-0.3, -0.25) is 9.59 Å². The summed E-state index contributed by atoms with van der Waals surface area (Å²) < 4.78 is 0. The molecule has 2 amide bonds. The Labute approximate surface area is 197 Å². The molecule has 0 spiro atoms. The molecule has 3 N–H and O–H groups in total. The highest BCUT2D eigenvalue weighted by Gasteiger charge is 2.30. The molecule has 7 heteroatoms. The Balaban J connectivity index is 1.48. The zero-order valence-corrected chi connectivity index (χ0v) is 18.8. The van der Waals surface area contributed by atoms with E-state index in [1.807, 2.05) is 79.8 Å². The maximum absolute atomic E-state index is 13.1. The van der Waals surface area contributed by atoms with Crippen LogP contribution < -0.4 is 10.6 Å². The number of nitrogens with one attached hydrogen (secondary N) is 3. The fraction of sp³-hybridized carbons (Fsp3) is 0.148. The van der Waals surface area contributed by atoms with E-state index in [0.29, 0.717) is 17.9 Å². The van der Waals surface area contributed by atoms with Crippen LogP contribution in [0.15, 0.2) is 79.0 Å². The number of rotatable bonds is 6. The van der Waals surface area contributed by atoms with Gasteiger partial charge < -0.3 is 20.5 Å². The maximum Gasteiger partial charge on any atom is 0.257 e. The molecule has 5 rings (SSSR count). The number of H-pyrrole nitrogens is 1. The summed E-state index contributed by atoms with van der Waals surface area (Å²) >= 11 is 0. The predicted molar refractivity (Wildman–Crippen MR) is 133 cm³/mol. The topological polar surface area (TPSA) is 90.1 Å². The van der Waals surface area contributed by atoms with Crippen molar-refractivity contribution in [2.75, 3.05) is 24.2 Å². The first-order valence-corrected chi connectivity index (χ1v) is 11.2. The lowest BCUT2D eigenvalue weighted by atomic mass is 10.0. The summed E-state index contributed by atoms with van der Waals surface area (Å²) in [6.07, 6.45) is 2.67. The molecular weight excluding hydrogens is 426 g/mol. The van der Waals surface area contributed by atoms with Crippen molar-refractivity contribution in [2.45, 2.75) is 12.8 Å². The van der Waals surface area contributed by atoms with Crippen molar-refractivity contribution >= 4 is 29.0 Å². The van der Waals surface area contributed by atoms with Crippen LogP contribution in [0.2, 0.25) is 0 Å². The van der Waals surface area contributed by atoms with Gasteiger partial charge in [0.15, 0.2) is 0 Å². The highest BCUT2D eigenvalue weighted by Crippen LogP contribution is 2.38. The van der Waals surface area contributed by atoms with E-state index in [2.05, 4.69) is 20.6 Å². The molecule has 1 aliphatic heterocycles. The number of para-hydroxylation sites is 1. The quantitative estimate of drug-likeness (QED) is 0.399. The van der Waals surface area contributed by atoms with Crippen LogP contribution in [-0.4, -0.2) is 40.3 Å². The first-order valence-electron chi connectivity index (χ1n) is 11.2. The molecule has 0 radical (unpaired) electrons. The van der Waals surface area contributed by atoms with E-state index in [4.69, 9.17) is 0 Å². The van der Waals surface area contributed by atoms with E-state index >= 15 is 0 Å². The number of aromatic nitrogens is 2. The summed E-state index contributed by atoms with van der Waals surface area (Å²) in [4.78, 5) is 35.1. The van der Waals surface area contributed by atoms with E-state index < -0.39 is 0 Å². The van der Waals surface area contributed by atoms with Crippen LogP contribution in [0.3, 0.4) is 0 Å². The highest BCUT2D eigenvalue weighted by molar-refractivity contribution is 6.06. The number of anilines is 3. The summed E-state index contributed by atoms with van der Waals surface area (Å²) in [5, 5.41) is 6.32. The molecule has 2 aromatic heterocycles. The first-order chi connectivity index (χ1) is 16.6. The van der Waals surface area contributed by atoms with E-state index in [9.17, 15) is 9.59 Å². The van der Waals surface area contributed by atoms with Gasteiger partial charge in [-0.1, -0.05) is 48.5 Å². The minimum Gasteiger partial charge on any atom is -0.356 e. The highest BCUT2D eigenvalue weighted by atomic mass is 16.2. The van der Waals surface area contributed by atoms with Gasteiger partial charge in [-0.25, -0.2) is 4.98 Å². The van der Waals surface area contributed by atoms with Crippen molar-refractivity contribution in [3.05, 3.63) is 95.8 Å². The van der Waals surface area contributed by atoms with Gasteiger partial charge in [-0.15, -0.1) is 0 Å². The second kappa shape index (κ2) is 9.23. The van der Waals surface area contributed by atoms with Crippen LogP contribution >= 0.6 is 0 Å². The first kappa shape index (κ1) is 21.5. The molecule has 0 unspecified atom stereocenters. The van der Waals surface area contributed by atoms with Crippen molar-refractivity contribution in [3.63, 3.8) is 0 Å². The molecule has 0 atom stereocenters. The maximum atomic E-state index is 13.1. The number of aromatic amines is 1. The van der Waals surface area contributed by atoms with Gasteiger partial charge in [0.25, 0.3) is 5.91 Å². The van der Waals surface area contributed by atoms with Crippen molar-refractivity contribution in [3.8, 4) is 11.3 Å². The fourth-order valence-electron chi connectivity index (χ4n) is 4.18. The average molecular weight is 452 g/mol. The number of likely N-dealkylation sites (N-methyl/N-ethyl adjacent to an activating group) is 1. The SMILES string of the molecule is CN1CCc2[nH]c(-c3ccnc(NC(=O)Cc4ccccc4)c3)c(Nc3ccccc3)c2C1=O. The number of fused-ring (bicyclic) bond motifs is 1. The van der Waals surface area contributed by atoms with Crippen LogP contribution in [0.4, 0.5) is 17.2 Å². The zero-order valence-electron chi connectivity index (χ0n) is 18.8. The molecule has 170 valence electrons. The molecule has 0 aliphatic carbocycles. The lowest BCUT2D eigenvalue weighted by Crippen LogP contribution is -2.34. The molecular formula is C27H25N5O2. The van der Waals surface area contributed by atoms with Crippen molar-refractivity contribution < 1.29 is 9.59 Å². The minimum absolute atomic E-state index is 0.0207. The van der Waals surface area contributed by atoms with Crippen molar-refractivity contribution in [1.29, 1.82) is 0 Å². The second-order valence-corrected chi connectivity index (χ2v) is 8.34. The number of carbonyl (C=O) groups excluding carboxylic acids is 2. The van der Waals surface area contributed by atoms with Gasteiger partial charge in [-0.2, -0.15) is 0 Å². The third kappa shape index (κ3) is 4.41. The van der Waals surface area contributed by atoms with Gasteiger partial charge in [0.05, 0.1) is 23.4 Å². The molecule has 7 nitrogen and oxygen atoms in total. The van der Waals surface area contributed by atoms with E-state index in [-0.39, 0.29) is 18.2 Å². The van der Waals surface area contributed by atoms with Gasteiger partial charge in [-0.05, 0) is 29.8 Å². The van der Waals surface area contributed by atoms with E-state index in [1.54, 1.807) is 11.1 Å². The Bertz CT molecular complexity index is 1330. The smallest absolute Gasteiger partial charge is 0.257 e. The lowest BCUT2D eigenvalue weighted by molar-refractivity contribution is -0.115. The van der Waals surface area contributed by atoms with Crippen molar-refractivity contribution in [2.24, 2.45) is 0 Å². The standard InChI is InChI=1S/C27H25N5O2/c1-32-15-13-21-24(27(32)34)26(29-20-10-6-3-7-11-20)25(30-21)19-12-14-28-22(17-19)31-23(33)16-18-8-4-2-5-9-18/h2-12,14,17,29-30H,13,15-16H2,1H3,(H,28,31,33). The number of nitrogens with zero attached hydrogens (tertiary/aromatic N) is 2. The van der Waals surface area contributed by atoms with Gasteiger partial charge in [0, 0.05) is 43.2 Å². The van der Waals surface area contributed by atoms with Gasteiger partial charge in [0.2, 0.25) is 5.91 Å². The van der Waals surface area contributed by atoms with Crippen LogP contribution in [0, 0.1) is 0 Å². The van der Waals surface area contributed by atoms with Crippen molar-refractivity contribution in [1.82, 2.24) is 14.9 Å². The lowest BCUT2D eigenvalue weighted by Gasteiger charge is -2.23. The number of carbonyl (C=O) groups is 2. The largest absolute Gasteiger partial charge is 0.356 e. The Morgan fingerprint density at radius 1 is 1.06 bits per heavy atom. The van der Waals surface area contributed by atoms with Gasteiger partial charge >= 0.3 is 0 Å².